The van der Waals surface area contributed by atoms with Crippen molar-refractivity contribution >= 4 is 28.2 Å². The summed E-state index contributed by atoms with van der Waals surface area (Å²) >= 11 is 0. The zero-order chi connectivity index (χ0) is 22.1. The number of nitrogens with one attached hydrogen (secondary N) is 2. The maximum atomic E-state index is 14.4. The number of nitrogens with zero attached hydrogens (tertiary/aromatic N) is 1. The van der Waals surface area contributed by atoms with Crippen molar-refractivity contribution in [1.29, 1.82) is 0 Å². The number of aliphatic hydroxyl groups excluding tert-OH is 2. The zero-order valence-corrected chi connectivity index (χ0v) is 17.9. The van der Waals surface area contributed by atoms with Crippen LogP contribution in [0.4, 0.5) is 21.6 Å². The van der Waals surface area contributed by atoms with Crippen LogP contribution in [0.2, 0.25) is 0 Å². The Bertz CT molecular complexity index is 1020. The second kappa shape index (κ2) is 8.75. The van der Waals surface area contributed by atoms with Gasteiger partial charge < -0.3 is 20.3 Å². The molecule has 1 aromatic heterocycles. The van der Waals surface area contributed by atoms with E-state index in [9.17, 15) is 18.5 Å². The zero-order valence-electron chi connectivity index (χ0n) is 17.1. The molecule has 1 fully saturated rings. The predicted molar refractivity (Wildman–Crippen MR) is 114 cm³/mol. The van der Waals surface area contributed by atoms with E-state index in [0.29, 0.717) is 12.8 Å². The molecule has 1 heterocycles. The fourth-order valence-corrected chi connectivity index (χ4v) is 4.65. The Morgan fingerprint density at radius 1 is 1.37 bits per heavy atom. The van der Waals surface area contributed by atoms with Crippen molar-refractivity contribution in [1.82, 2.24) is 4.57 Å². The van der Waals surface area contributed by atoms with Gasteiger partial charge in [-0.2, -0.15) is 0 Å². The van der Waals surface area contributed by atoms with E-state index in [1.165, 1.54) is 30.9 Å². The summed E-state index contributed by atoms with van der Waals surface area (Å²) in [5.41, 5.74) is 0.738. The third kappa shape index (κ3) is 4.50. The Morgan fingerprint density at radius 3 is 2.63 bits per heavy atom. The van der Waals surface area contributed by atoms with Gasteiger partial charge in [0, 0.05) is 13.1 Å². The molecule has 1 saturated carbocycles. The molecule has 2 aromatic rings. The van der Waals surface area contributed by atoms with Crippen molar-refractivity contribution in [2.75, 3.05) is 23.8 Å². The number of rotatable bonds is 9. The summed E-state index contributed by atoms with van der Waals surface area (Å²) in [4.78, 5) is 12.4. The van der Waals surface area contributed by atoms with Gasteiger partial charge in [0.05, 0.1) is 30.3 Å². The number of aliphatic hydroxyl groups is 2. The number of aryl methyl sites for hydroxylation is 1. The van der Waals surface area contributed by atoms with Crippen molar-refractivity contribution in [3.8, 4) is 5.75 Å². The molecule has 2 unspecified atom stereocenters. The minimum Gasteiger partial charge on any atom is -0.494 e. The summed E-state index contributed by atoms with van der Waals surface area (Å²) < 4.78 is 36.3. The topological polar surface area (TPSA) is 113 Å². The highest BCUT2D eigenvalue weighted by Crippen LogP contribution is 2.47. The van der Waals surface area contributed by atoms with Crippen LogP contribution in [0.5, 0.6) is 5.75 Å². The molecular weight excluding hydrogens is 413 g/mol. The SMILES string of the molecule is COc1cc(=O)n(C)c(Nc2ccc(C)cc2F)c1NS(=O)C1(CC(O)CO)CC1. The molecule has 1 aromatic carbocycles. The summed E-state index contributed by atoms with van der Waals surface area (Å²) in [6, 6.07) is 5.89. The third-order valence-electron chi connectivity index (χ3n) is 5.22. The second-order valence-corrected chi connectivity index (χ2v) is 9.14. The fraction of sp³-hybridized carbons (Fsp3) is 0.450. The van der Waals surface area contributed by atoms with E-state index in [1.54, 1.807) is 19.1 Å². The van der Waals surface area contributed by atoms with Crippen molar-refractivity contribution in [2.45, 2.75) is 37.0 Å². The molecule has 1 aliphatic rings. The van der Waals surface area contributed by atoms with E-state index in [0.717, 1.165) is 5.56 Å². The van der Waals surface area contributed by atoms with Gasteiger partial charge in [0.25, 0.3) is 5.56 Å². The molecule has 3 rings (SSSR count). The van der Waals surface area contributed by atoms with Crippen LogP contribution in [-0.4, -0.2) is 43.6 Å². The standard InChI is InChI=1S/C20H26FN3O5S/c1-12-4-5-15(14(21)8-12)22-19-18(16(29-3)9-17(27)24(19)2)23-30(28)20(6-7-20)10-13(26)11-25/h4-5,8-9,13,22-23,25-26H,6-7,10-11H2,1-3H3. The van der Waals surface area contributed by atoms with E-state index < -0.39 is 39.8 Å². The van der Waals surface area contributed by atoms with Gasteiger partial charge in [0.2, 0.25) is 0 Å². The van der Waals surface area contributed by atoms with Crippen LogP contribution in [0.25, 0.3) is 0 Å². The summed E-state index contributed by atoms with van der Waals surface area (Å²) in [5.74, 6) is -0.156. The Labute approximate surface area is 176 Å². The van der Waals surface area contributed by atoms with Crippen LogP contribution < -0.4 is 20.3 Å². The molecule has 2 atom stereocenters. The number of pyridine rings is 1. The molecule has 0 saturated heterocycles. The number of methoxy groups -OCH3 is 1. The highest BCUT2D eigenvalue weighted by molar-refractivity contribution is 7.88. The van der Waals surface area contributed by atoms with E-state index in [-0.39, 0.29) is 29.4 Å². The molecule has 1 aliphatic carbocycles. The first-order valence-corrected chi connectivity index (χ1v) is 10.6. The molecule has 0 aliphatic heterocycles. The lowest BCUT2D eigenvalue weighted by molar-refractivity contribution is 0.0862. The van der Waals surface area contributed by atoms with Gasteiger partial charge in [-0.1, -0.05) is 6.07 Å². The maximum Gasteiger partial charge on any atom is 0.255 e. The lowest BCUT2D eigenvalue weighted by Gasteiger charge is -2.23. The Hall–Kier alpha value is -2.43. The number of hydrogen-bond donors (Lipinski definition) is 4. The van der Waals surface area contributed by atoms with Crippen molar-refractivity contribution in [2.24, 2.45) is 7.05 Å². The number of halogens is 1. The lowest BCUT2D eigenvalue weighted by Crippen LogP contribution is -2.30. The van der Waals surface area contributed by atoms with Crippen LogP contribution >= 0.6 is 0 Å². The Morgan fingerprint density at radius 2 is 2.07 bits per heavy atom. The van der Waals surface area contributed by atoms with Crippen molar-refractivity contribution < 1.29 is 23.5 Å². The number of ether oxygens (including phenoxy) is 1. The van der Waals surface area contributed by atoms with Crippen molar-refractivity contribution in [3.63, 3.8) is 0 Å². The smallest absolute Gasteiger partial charge is 0.255 e. The van der Waals surface area contributed by atoms with E-state index in [1.807, 2.05) is 0 Å². The summed E-state index contributed by atoms with van der Waals surface area (Å²) in [6.07, 6.45) is 0.437. The second-order valence-electron chi connectivity index (χ2n) is 7.54. The highest BCUT2D eigenvalue weighted by Gasteiger charge is 2.50. The Kier molecular flexibility index (Phi) is 6.49. The minimum absolute atomic E-state index is 0.148. The number of anilines is 3. The van der Waals surface area contributed by atoms with Gasteiger partial charge in [-0.15, -0.1) is 0 Å². The van der Waals surface area contributed by atoms with Crippen LogP contribution in [-0.2, 0) is 18.0 Å². The van der Waals surface area contributed by atoms with Gasteiger partial charge in [-0.3, -0.25) is 14.1 Å². The molecule has 30 heavy (non-hydrogen) atoms. The highest BCUT2D eigenvalue weighted by atomic mass is 32.2. The monoisotopic (exact) mass is 439 g/mol. The number of hydrogen-bond acceptors (Lipinski definition) is 6. The van der Waals surface area contributed by atoms with E-state index >= 15 is 0 Å². The quantitative estimate of drug-likeness (QED) is 0.475. The van der Waals surface area contributed by atoms with Gasteiger partial charge in [-0.05, 0) is 43.9 Å². The summed E-state index contributed by atoms with van der Waals surface area (Å²) in [5, 5.41) is 21.8. The fourth-order valence-electron chi connectivity index (χ4n) is 3.23. The van der Waals surface area contributed by atoms with E-state index in [4.69, 9.17) is 9.84 Å². The van der Waals surface area contributed by atoms with Gasteiger partial charge in [-0.25, -0.2) is 8.60 Å². The van der Waals surface area contributed by atoms with E-state index in [2.05, 4.69) is 10.0 Å². The largest absolute Gasteiger partial charge is 0.494 e. The van der Waals surface area contributed by atoms with Gasteiger partial charge >= 0.3 is 0 Å². The number of benzene rings is 1. The van der Waals surface area contributed by atoms with Crippen LogP contribution in [0.15, 0.2) is 29.1 Å². The average Bonchev–Trinajstić information content (AvgIpc) is 3.49. The summed E-state index contributed by atoms with van der Waals surface area (Å²) in [7, 11) is 1.24. The normalized spacial score (nSPS) is 16.6. The first-order chi connectivity index (χ1) is 14.2. The van der Waals surface area contributed by atoms with Crippen LogP contribution in [0.3, 0.4) is 0 Å². The molecule has 0 amide bonds. The van der Waals surface area contributed by atoms with Crippen molar-refractivity contribution in [3.05, 3.63) is 46.0 Å². The first-order valence-electron chi connectivity index (χ1n) is 9.49. The molecule has 10 heteroatoms. The third-order valence-corrected chi connectivity index (χ3v) is 6.97. The van der Waals surface area contributed by atoms with Crippen LogP contribution in [0, 0.1) is 12.7 Å². The minimum atomic E-state index is -1.65. The molecule has 0 bridgehead atoms. The molecule has 164 valence electrons. The summed E-state index contributed by atoms with van der Waals surface area (Å²) in [6.45, 7) is 1.35. The first kappa shape index (κ1) is 22.3. The molecule has 0 radical (unpaired) electrons. The molecule has 8 nitrogen and oxygen atoms in total. The predicted octanol–water partition coefficient (Wildman–Crippen LogP) is 1.94. The molecule has 0 spiro atoms. The van der Waals surface area contributed by atoms with Gasteiger partial charge in [0.1, 0.15) is 28.3 Å². The molecule has 4 N–H and O–H groups in total. The Balaban J connectivity index is 2.00. The van der Waals surface area contributed by atoms with Gasteiger partial charge in [0.15, 0.2) is 5.75 Å². The van der Waals surface area contributed by atoms with Crippen LogP contribution in [0.1, 0.15) is 24.8 Å². The average molecular weight is 440 g/mol. The lowest BCUT2D eigenvalue weighted by atomic mass is 10.2. The maximum absolute atomic E-state index is 14.4. The number of aromatic nitrogens is 1. The molecular formula is C20H26FN3O5S.